The number of hydrogen-bond acceptors (Lipinski definition) is 3. The highest BCUT2D eigenvalue weighted by Crippen LogP contribution is 2.28. The molecule has 0 saturated carbocycles. The summed E-state index contributed by atoms with van der Waals surface area (Å²) >= 11 is 5.47. The summed E-state index contributed by atoms with van der Waals surface area (Å²) in [7, 11) is 1.65. The van der Waals surface area contributed by atoms with Gasteiger partial charge < -0.3 is 20.3 Å². The van der Waals surface area contributed by atoms with Crippen molar-refractivity contribution >= 4 is 34.6 Å². The highest BCUT2D eigenvalue weighted by atomic mass is 32.1. The van der Waals surface area contributed by atoms with E-state index in [1.54, 1.807) is 7.11 Å². The molecule has 27 heavy (non-hydrogen) atoms. The van der Waals surface area contributed by atoms with Crippen LogP contribution in [-0.4, -0.2) is 24.7 Å². The minimum atomic E-state index is 0.0565. The molecule has 1 aliphatic heterocycles. The number of rotatable bonds is 5. The van der Waals surface area contributed by atoms with Crippen LogP contribution in [0.5, 0.6) is 5.75 Å². The van der Waals surface area contributed by atoms with Gasteiger partial charge in [0.05, 0.1) is 13.2 Å². The van der Waals surface area contributed by atoms with Crippen molar-refractivity contribution < 1.29 is 9.53 Å². The summed E-state index contributed by atoms with van der Waals surface area (Å²) in [6.07, 6.45) is 1.53. The summed E-state index contributed by atoms with van der Waals surface area (Å²) in [6, 6.07) is 13.9. The summed E-state index contributed by atoms with van der Waals surface area (Å²) in [4.78, 5) is 13.9. The molecule has 1 aliphatic rings. The first kappa shape index (κ1) is 19.2. The lowest BCUT2D eigenvalue weighted by atomic mass is 10.1. The molecule has 2 N–H and O–H groups in total. The Hall–Kier alpha value is -2.60. The fourth-order valence-corrected chi connectivity index (χ4v) is 3.52. The molecule has 1 saturated heterocycles. The second-order valence-electron chi connectivity index (χ2n) is 6.74. The average Bonchev–Trinajstić information content (AvgIpc) is 3.09. The Kier molecular flexibility index (Phi) is 5.96. The molecule has 3 rings (SSSR count). The summed E-state index contributed by atoms with van der Waals surface area (Å²) in [6.45, 7) is 4.85. The molecule has 0 bridgehead atoms. The first-order chi connectivity index (χ1) is 13.0. The van der Waals surface area contributed by atoms with Gasteiger partial charge in [-0.25, -0.2) is 0 Å². The number of benzene rings is 2. The number of ether oxygens (including phenoxy) is 1. The predicted octanol–water partition coefficient (Wildman–Crippen LogP) is 4.18. The first-order valence-corrected chi connectivity index (χ1v) is 9.51. The third kappa shape index (κ3) is 4.57. The second-order valence-corrected chi connectivity index (χ2v) is 7.15. The Morgan fingerprint density at radius 3 is 2.59 bits per heavy atom. The van der Waals surface area contributed by atoms with E-state index >= 15 is 0 Å². The van der Waals surface area contributed by atoms with E-state index in [9.17, 15) is 4.79 Å². The van der Waals surface area contributed by atoms with Gasteiger partial charge in [0.15, 0.2) is 5.11 Å². The molecule has 2 aromatic rings. The highest BCUT2D eigenvalue weighted by Gasteiger charge is 2.23. The second kappa shape index (κ2) is 8.39. The fraction of sp³-hybridized carbons (Fsp3) is 0.333. The number of carbonyl (C=O) groups excluding carboxylic acids is 1. The Labute approximate surface area is 165 Å². The van der Waals surface area contributed by atoms with Crippen molar-refractivity contribution in [3.8, 4) is 5.75 Å². The highest BCUT2D eigenvalue weighted by molar-refractivity contribution is 7.80. The molecule has 1 unspecified atom stereocenters. The lowest BCUT2D eigenvalue weighted by Gasteiger charge is -2.21. The number of amides is 1. The summed E-state index contributed by atoms with van der Waals surface area (Å²) in [5.41, 5.74) is 4.02. The number of aryl methyl sites for hydroxylation is 1. The van der Waals surface area contributed by atoms with E-state index in [0.717, 1.165) is 41.2 Å². The topological polar surface area (TPSA) is 53.6 Å². The Morgan fingerprint density at radius 2 is 1.96 bits per heavy atom. The maximum atomic E-state index is 12.1. The zero-order valence-corrected chi connectivity index (χ0v) is 16.7. The molecule has 1 amide bonds. The number of carbonyl (C=O) groups is 1. The molecule has 0 spiro atoms. The molecule has 1 atom stereocenters. The van der Waals surface area contributed by atoms with Gasteiger partial charge in [-0.1, -0.05) is 18.2 Å². The normalized spacial score (nSPS) is 14.8. The van der Waals surface area contributed by atoms with Crippen molar-refractivity contribution in [1.82, 2.24) is 5.32 Å². The van der Waals surface area contributed by atoms with E-state index in [-0.39, 0.29) is 11.9 Å². The predicted molar refractivity (Wildman–Crippen MR) is 114 cm³/mol. The molecule has 0 radical (unpaired) electrons. The Balaban J connectivity index is 1.65. The molecule has 6 heteroatoms. The van der Waals surface area contributed by atoms with Crippen LogP contribution in [0, 0.1) is 6.92 Å². The smallest absolute Gasteiger partial charge is 0.227 e. The average molecular weight is 384 g/mol. The van der Waals surface area contributed by atoms with Gasteiger partial charge in [-0.3, -0.25) is 4.79 Å². The zero-order chi connectivity index (χ0) is 19.4. The van der Waals surface area contributed by atoms with Gasteiger partial charge in [0.1, 0.15) is 5.75 Å². The van der Waals surface area contributed by atoms with E-state index in [2.05, 4.69) is 17.6 Å². The van der Waals surface area contributed by atoms with Crippen molar-refractivity contribution in [1.29, 1.82) is 0 Å². The Morgan fingerprint density at radius 1 is 1.22 bits per heavy atom. The van der Waals surface area contributed by atoms with Gasteiger partial charge in [-0.15, -0.1) is 0 Å². The van der Waals surface area contributed by atoms with Gasteiger partial charge >= 0.3 is 0 Å². The number of methoxy groups -OCH3 is 1. The molecule has 1 heterocycles. The molecular formula is C21H25N3O2S. The number of hydrogen-bond donors (Lipinski definition) is 2. The van der Waals surface area contributed by atoms with Crippen molar-refractivity contribution in [3.05, 3.63) is 53.6 Å². The van der Waals surface area contributed by atoms with Crippen molar-refractivity contribution in [2.24, 2.45) is 0 Å². The number of nitrogens with one attached hydrogen (secondary N) is 2. The molecule has 1 fully saturated rings. The van der Waals surface area contributed by atoms with Gasteiger partial charge in [-0.2, -0.15) is 0 Å². The van der Waals surface area contributed by atoms with Gasteiger partial charge in [0, 0.05) is 24.3 Å². The van der Waals surface area contributed by atoms with E-state index in [0.29, 0.717) is 11.5 Å². The third-order valence-corrected chi connectivity index (χ3v) is 5.01. The van der Waals surface area contributed by atoms with Crippen molar-refractivity contribution in [2.75, 3.05) is 23.9 Å². The van der Waals surface area contributed by atoms with Crippen LogP contribution in [-0.2, 0) is 4.79 Å². The van der Waals surface area contributed by atoms with Crippen molar-refractivity contribution in [2.45, 2.75) is 32.7 Å². The van der Waals surface area contributed by atoms with Gasteiger partial charge in [0.25, 0.3) is 0 Å². The SMILES string of the molecule is COc1ccc(C(C)NC(=S)Nc2ccc(C)c(N3CCCC3=O)c2)cc1. The van der Waals surface area contributed by atoms with E-state index in [4.69, 9.17) is 17.0 Å². The monoisotopic (exact) mass is 383 g/mol. The number of nitrogens with zero attached hydrogens (tertiary/aromatic N) is 1. The van der Waals surface area contributed by atoms with Crippen LogP contribution < -0.4 is 20.3 Å². The van der Waals surface area contributed by atoms with Crippen molar-refractivity contribution in [3.63, 3.8) is 0 Å². The van der Waals surface area contributed by atoms with Gasteiger partial charge in [0.2, 0.25) is 5.91 Å². The van der Waals surface area contributed by atoms with Crippen LogP contribution in [0.15, 0.2) is 42.5 Å². The van der Waals surface area contributed by atoms with Crippen LogP contribution in [0.3, 0.4) is 0 Å². The van der Waals surface area contributed by atoms with Crippen LogP contribution in [0.1, 0.15) is 36.9 Å². The van der Waals surface area contributed by atoms with Gasteiger partial charge in [-0.05, 0) is 67.9 Å². The number of thiocarbonyl (C=S) groups is 1. The summed E-state index contributed by atoms with van der Waals surface area (Å²) < 4.78 is 5.19. The number of anilines is 2. The maximum absolute atomic E-state index is 12.1. The summed E-state index contributed by atoms with van der Waals surface area (Å²) in [5.74, 6) is 1.01. The molecular weight excluding hydrogens is 358 g/mol. The van der Waals surface area contributed by atoms with E-state index in [1.807, 2.05) is 54.3 Å². The van der Waals surface area contributed by atoms with Crippen LogP contribution in [0.4, 0.5) is 11.4 Å². The molecule has 142 valence electrons. The molecule has 0 aromatic heterocycles. The first-order valence-electron chi connectivity index (χ1n) is 9.10. The quantitative estimate of drug-likeness (QED) is 0.759. The van der Waals surface area contributed by atoms with E-state index in [1.165, 1.54) is 0 Å². The minimum Gasteiger partial charge on any atom is -0.497 e. The lowest BCUT2D eigenvalue weighted by Crippen LogP contribution is -2.31. The lowest BCUT2D eigenvalue weighted by molar-refractivity contribution is -0.117. The Bertz CT molecular complexity index is 836. The summed E-state index contributed by atoms with van der Waals surface area (Å²) in [5, 5.41) is 7.06. The van der Waals surface area contributed by atoms with E-state index < -0.39 is 0 Å². The minimum absolute atomic E-state index is 0.0565. The molecule has 0 aliphatic carbocycles. The van der Waals surface area contributed by atoms with Crippen LogP contribution in [0.2, 0.25) is 0 Å². The molecule has 2 aromatic carbocycles. The zero-order valence-electron chi connectivity index (χ0n) is 15.9. The largest absolute Gasteiger partial charge is 0.497 e. The van der Waals surface area contributed by atoms with Crippen LogP contribution in [0.25, 0.3) is 0 Å². The maximum Gasteiger partial charge on any atom is 0.227 e. The molecule has 5 nitrogen and oxygen atoms in total. The standard InChI is InChI=1S/C21H25N3O2S/c1-14-6-9-17(13-19(14)24-12-4-5-20(24)25)23-21(27)22-15(2)16-7-10-18(26-3)11-8-16/h6-11,13,15H,4-5,12H2,1-3H3,(H2,22,23,27). The van der Waals surface area contributed by atoms with Crippen LogP contribution >= 0.6 is 12.2 Å². The third-order valence-electron chi connectivity index (χ3n) is 4.79. The fourth-order valence-electron chi connectivity index (χ4n) is 3.22.